The molecule has 0 aliphatic heterocycles. The number of carbonyl (C=O) groups excluding carboxylic acids is 1. The third-order valence-electron chi connectivity index (χ3n) is 3.14. The predicted octanol–water partition coefficient (Wildman–Crippen LogP) is 3.22. The molecule has 1 aromatic heterocycles. The largest absolute Gasteiger partial charge is 0.305 e. The van der Waals surface area contributed by atoms with Crippen molar-refractivity contribution in [3.05, 3.63) is 64.7 Å². The zero-order valence-corrected chi connectivity index (χ0v) is 12.3. The molecule has 0 bridgehead atoms. The fourth-order valence-electron chi connectivity index (χ4n) is 2.13. The second kappa shape index (κ2) is 5.96. The van der Waals surface area contributed by atoms with Gasteiger partial charge in [0.05, 0.1) is 22.3 Å². The standard InChI is InChI=1S/C17H11FN2OS/c1-2-11-20-14-9-5-6-10-15(14)22-17(20)19-16(21)12-7-3-4-8-13(12)18/h1,3-10H,11H2. The number of carbonyl (C=O) groups is 1. The van der Waals surface area contributed by atoms with E-state index < -0.39 is 11.7 Å². The molecule has 3 aromatic rings. The molecule has 0 unspecified atom stereocenters. The van der Waals surface area contributed by atoms with Crippen molar-refractivity contribution in [1.82, 2.24) is 4.57 Å². The minimum atomic E-state index is -0.615. The summed E-state index contributed by atoms with van der Waals surface area (Å²) >= 11 is 1.35. The van der Waals surface area contributed by atoms with Crippen LogP contribution in [0.5, 0.6) is 0 Å². The molecule has 0 saturated heterocycles. The van der Waals surface area contributed by atoms with E-state index in [2.05, 4.69) is 10.9 Å². The predicted molar refractivity (Wildman–Crippen MR) is 84.9 cm³/mol. The van der Waals surface area contributed by atoms with Crippen molar-refractivity contribution in [2.24, 2.45) is 4.99 Å². The van der Waals surface area contributed by atoms with Gasteiger partial charge in [0, 0.05) is 0 Å². The number of fused-ring (bicyclic) bond motifs is 1. The van der Waals surface area contributed by atoms with Crippen molar-refractivity contribution in [3.8, 4) is 12.3 Å². The summed E-state index contributed by atoms with van der Waals surface area (Å²) in [6, 6.07) is 13.4. The first-order chi connectivity index (χ1) is 10.7. The Bertz CT molecular complexity index is 962. The highest BCUT2D eigenvalue weighted by Crippen LogP contribution is 2.17. The zero-order valence-electron chi connectivity index (χ0n) is 11.5. The second-order valence-electron chi connectivity index (χ2n) is 4.54. The van der Waals surface area contributed by atoms with Gasteiger partial charge >= 0.3 is 0 Å². The smallest absolute Gasteiger partial charge is 0.282 e. The number of terminal acetylenes is 1. The van der Waals surface area contributed by atoms with E-state index >= 15 is 0 Å². The first-order valence-electron chi connectivity index (χ1n) is 6.56. The summed E-state index contributed by atoms with van der Waals surface area (Å²) in [7, 11) is 0. The van der Waals surface area contributed by atoms with Crippen LogP contribution in [0, 0.1) is 18.2 Å². The van der Waals surface area contributed by atoms with Crippen molar-refractivity contribution < 1.29 is 9.18 Å². The van der Waals surface area contributed by atoms with E-state index in [1.54, 1.807) is 10.6 Å². The van der Waals surface area contributed by atoms with Gasteiger partial charge in [-0.15, -0.1) is 6.42 Å². The molecule has 0 radical (unpaired) electrons. The van der Waals surface area contributed by atoms with Crippen LogP contribution in [0.25, 0.3) is 10.2 Å². The third kappa shape index (κ3) is 2.57. The lowest BCUT2D eigenvalue weighted by Crippen LogP contribution is -2.16. The second-order valence-corrected chi connectivity index (χ2v) is 5.55. The normalized spacial score (nSPS) is 11.5. The Labute approximate surface area is 130 Å². The van der Waals surface area contributed by atoms with Crippen LogP contribution in [0.1, 0.15) is 10.4 Å². The monoisotopic (exact) mass is 310 g/mol. The maximum Gasteiger partial charge on any atom is 0.282 e. The lowest BCUT2D eigenvalue weighted by Gasteiger charge is -1.99. The Hall–Kier alpha value is -2.71. The molecule has 3 nitrogen and oxygen atoms in total. The summed E-state index contributed by atoms with van der Waals surface area (Å²) in [5.74, 6) is 1.35. The molecule has 5 heteroatoms. The molecule has 0 aliphatic carbocycles. The fourth-order valence-corrected chi connectivity index (χ4v) is 3.16. The number of hydrogen-bond donors (Lipinski definition) is 0. The fraction of sp³-hybridized carbons (Fsp3) is 0.0588. The summed E-state index contributed by atoms with van der Waals surface area (Å²) in [4.78, 5) is 16.7. The molecule has 3 rings (SSSR count). The third-order valence-corrected chi connectivity index (χ3v) is 4.20. The highest BCUT2D eigenvalue weighted by molar-refractivity contribution is 7.16. The minimum Gasteiger partial charge on any atom is -0.305 e. The Morgan fingerprint density at radius 2 is 1.95 bits per heavy atom. The molecule has 2 aromatic carbocycles. The van der Waals surface area contributed by atoms with Gasteiger partial charge < -0.3 is 4.57 Å². The van der Waals surface area contributed by atoms with Crippen LogP contribution in [-0.2, 0) is 6.54 Å². The van der Waals surface area contributed by atoms with Crippen molar-refractivity contribution in [2.75, 3.05) is 0 Å². The number of rotatable bonds is 2. The number of nitrogens with zero attached hydrogens (tertiary/aromatic N) is 2. The van der Waals surface area contributed by atoms with Gasteiger partial charge in [0.2, 0.25) is 0 Å². The van der Waals surface area contributed by atoms with Gasteiger partial charge in [0.15, 0.2) is 4.80 Å². The van der Waals surface area contributed by atoms with Gasteiger partial charge in [-0.2, -0.15) is 4.99 Å². The molecule has 0 N–H and O–H groups in total. The highest BCUT2D eigenvalue weighted by atomic mass is 32.1. The van der Waals surface area contributed by atoms with Gasteiger partial charge in [-0.25, -0.2) is 4.39 Å². The van der Waals surface area contributed by atoms with Gasteiger partial charge in [-0.3, -0.25) is 4.79 Å². The number of halogens is 1. The molecule has 0 saturated carbocycles. The SMILES string of the molecule is C#CCn1c(=NC(=O)c2ccccc2F)sc2ccccc21. The summed E-state index contributed by atoms with van der Waals surface area (Å²) < 4.78 is 16.4. The summed E-state index contributed by atoms with van der Waals surface area (Å²) in [5.41, 5.74) is 0.859. The number of para-hydroxylation sites is 1. The number of thiazole rings is 1. The van der Waals surface area contributed by atoms with Crippen molar-refractivity contribution in [1.29, 1.82) is 0 Å². The maximum atomic E-state index is 13.7. The van der Waals surface area contributed by atoms with Crippen LogP contribution in [0.15, 0.2) is 53.5 Å². The van der Waals surface area contributed by atoms with Crippen LogP contribution in [0.3, 0.4) is 0 Å². The van der Waals surface area contributed by atoms with Crippen LogP contribution in [0.4, 0.5) is 4.39 Å². The lowest BCUT2D eigenvalue weighted by atomic mass is 10.2. The lowest BCUT2D eigenvalue weighted by molar-refractivity contribution is 0.0994. The number of amides is 1. The van der Waals surface area contributed by atoms with Crippen LogP contribution >= 0.6 is 11.3 Å². The van der Waals surface area contributed by atoms with Crippen molar-refractivity contribution >= 4 is 27.5 Å². The Kier molecular flexibility index (Phi) is 3.86. The molecule has 1 amide bonds. The maximum absolute atomic E-state index is 13.7. The molecular weight excluding hydrogens is 299 g/mol. The Balaban J connectivity index is 2.17. The Morgan fingerprint density at radius 3 is 2.73 bits per heavy atom. The molecule has 108 valence electrons. The Morgan fingerprint density at radius 1 is 1.23 bits per heavy atom. The van der Waals surface area contributed by atoms with Crippen LogP contribution < -0.4 is 4.80 Å². The van der Waals surface area contributed by atoms with Crippen LogP contribution in [-0.4, -0.2) is 10.5 Å². The van der Waals surface area contributed by atoms with Crippen LogP contribution in [0.2, 0.25) is 0 Å². The van der Waals surface area contributed by atoms with E-state index in [9.17, 15) is 9.18 Å². The number of benzene rings is 2. The summed E-state index contributed by atoms with van der Waals surface area (Å²) in [6.45, 7) is 0.299. The quantitative estimate of drug-likeness (QED) is 0.669. The topological polar surface area (TPSA) is 34.4 Å². The average Bonchev–Trinajstić information content (AvgIpc) is 2.86. The average molecular weight is 310 g/mol. The van der Waals surface area contributed by atoms with E-state index in [1.165, 1.54) is 29.5 Å². The van der Waals surface area contributed by atoms with E-state index in [0.29, 0.717) is 11.3 Å². The minimum absolute atomic E-state index is 0.0489. The van der Waals surface area contributed by atoms with Gasteiger partial charge in [-0.05, 0) is 24.3 Å². The van der Waals surface area contributed by atoms with Crippen molar-refractivity contribution in [3.63, 3.8) is 0 Å². The van der Waals surface area contributed by atoms with E-state index in [1.807, 2.05) is 24.3 Å². The molecular formula is C17H11FN2OS. The van der Waals surface area contributed by atoms with E-state index in [4.69, 9.17) is 6.42 Å². The molecule has 0 spiro atoms. The molecule has 1 heterocycles. The summed E-state index contributed by atoms with van der Waals surface area (Å²) in [6.07, 6.45) is 5.39. The van der Waals surface area contributed by atoms with Gasteiger partial charge in [0.1, 0.15) is 5.82 Å². The molecule has 22 heavy (non-hydrogen) atoms. The first-order valence-corrected chi connectivity index (χ1v) is 7.38. The molecule has 0 aliphatic rings. The first kappa shape index (κ1) is 14.2. The highest BCUT2D eigenvalue weighted by Gasteiger charge is 2.11. The summed E-state index contributed by atoms with van der Waals surface area (Å²) in [5, 5.41) is 0. The van der Waals surface area contributed by atoms with Crippen molar-refractivity contribution in [2.45, 2.75) is 6.54 Å². The van der Waals surface area contributed by atoms with E-state index in [-0.39, 0.29) is 5.56 Å². The number of aromatic nitrogens is 1. The molecule has 0 fully saturated rings. The van der Waals surface area contributed by atoms with Gasteiger partial charge in [-0.1, -0.05) is 41.5 Å². The molecule has 0 atom stereocenters. The van der Waals surface area contributed by atoms with E-state index in [0.717, 1.165) is 10.2 Å². The number of hydrogen-bond acceptors (Lipinski definition) is 2. The zero-order chi connectivity index (χ0) is 15.5. The van der Waals surface area contributed by atoms with Gasteiger partial charge in [0.25, 0.3) is 5.91 Å².